The fourth-order valence-corrected chi connectivity index (χ4v) is 1.25. The van der Waals surface area contributed by atoms with Gasteiger partial charge in [0.25, 0.3) is 5.17 Å². The van der Waals surface area contributed by atoms with Gasteiger partial charge in [-0.25, -0.2) is 0 Å². The van der Waals surface area contributed by atoms with Crippen LogP contribution in [0, 0.1) is 6.92 Å². The number of para-hydroxylation sites is 1. The average Bonchev–Trinajstić information content (AvgIpc) is 2.20. The zero-order valence-electron chi connectivity index (χ0n) is 9.15. The first-order chi connectivity index (χ1) is 7.06. The fourth-order valence-electron chi connectivity index (χ4n) is 1.16. The van der Waals surface area contributed by atoms with Gasteiger partial charge in [-0.15, -0.1) is 0 Å². The molecule has 0 bridgehead atoms. The van der Waals surface area contributed by atoms with E-state index in [0.29, 0.717) is 10.9 Å². The van der Waals surface area contributed by atoms with Crippen molar-refractivity contribution in [2.75, 3.05) is 14.1 Å². The molecular formula is C11H15NO2S. The van der Waals surface area contributed by atoms with Gasteiger partial charge in [-0.2, -0.15) is 0 Å². The second kappa shape index (κ2) is 5.09. The van der Waals surface area contributed by atoms with Crippen molar-refractivity contribution in [3.63, 3.8) is 0 Å². The van der Waals surface area contributed by atoms with Gasteiger partial charge in [-0.05, 0) is 24.7 Å². The highest BCUT2D eigenvalue weighted by atomic mass is 32.1. The number of thiocarbonyl (C=S) groups is 1. The lowest BCUT2D eigenvalue weighted by atomic mass is 10.1. The van der Waals surface area contributed by atoms with Crippen LogP contribution in [0.1, 0.15) is 11.1 Å². The first kappa shape index (κ1) is 11.9. The van der Waals surface area contributed by atoms with E-state index in [1.54, 1.807) is 4.90 Å². The maximum Gasteiger partial charge on any atom is 0.264 e. The number of hydrogen-bond acceptors (Lipinski definition) is 3. The van der Waals surface area contributed by atoms with Gasteiger partial charge in [0.2, 0.25) is 0 Å². The highest BCUT2D eigenvalue weighted by molar-refractivity contribution is 7.80. The number of ether oxygens (including phenoxy) is 1. The Hall–Kier alpha value is -1.13. The van der Waals surface area contributed by atoms with Crippen molar-refractivity contribution in [1.82, 2.24) is 4.90 Å². The van der Waals surface area contributed by atoms with E-state index in [1.807, 2.05) is 39.2 Å². The minimum atomic E-state index is -0.0486. The molecule has 1 N–H and O–H groups in total. The molecule has 0 aliphatic rings. The first-order valence-corrected chi connectivity index (χ1v) is 5.05. The van der Waals surface area contributed by atoms with Gasteiger partial charge in [0.05, 0.1) is 6.61 Å². The number of aliphatic hydroxyl groups is 1. The largest absolute Gasteiger partial charge is 0.431 e. The topological polar surface area (TPSA) is 32.7 Å². The summed E-state index contributed by atoms with van der Waals surface area (Å²) in [6.07, 6.45) is 0. The van der Waals surface area contributed by atoms with Crippen LogP contribution in [-0.2, 0) is 6.61 Å². The molecule has 1 aromatic rings. The molecule has 0 heterocycles. The first-order valence-electron chi connectivity index (χ1n) is 4.64. The Morgan fingerprint density at radius 1 is 1.47 bits per heavy atom. The minimum Gasteiger partial charge on any atom is -0.431 e. The number of nitrogens with zero attached hydrogens (tertiary/aromatic N) is 1. The number of hydrogen-bond donors (Lipinski definition) is 1. The lowest BCUT2D eigenvalue weighted by molar-refractivity contribution is 0.277. The molecule has 0 aliphatic carbocycles. The third-order valence-electron chi connectivity index (χ3n) is 2.02. The molecule has 82 valence electrons. The van der Waals surface area contributed by atoms with Gasteiger partial charge < -0.3 is 14.7 Å². The maximum absolute atomic E-state index is 9.16. The summed E-state index contributed by atoms with van der Waals surface area (Å²) in [7, 11) is 3.64. The number of aliphatic hydroxyl groups excluding tert-OH is 1. The Morgan fingerprint density at radius 2 is 2.13 bits per heavy atom. The van der Waals surface area contributed by atoms with E-state index in [9.17, 15) is 0 Å². The van der Waals surface area contributed by atoms with Crippen molar-refractivity contribution >= 4 is 17.4 Å². The molecule has 0 fully saturated rings. The summed E-state index contributed by atoms with van der Waals surface area (Å²) in [6.45, 7) is 1.87. The molecule has 1 rings (SSSR count). The molecule has 3 nitrogen and oxygen atoms in total. The maximum atomic E-state index is 9.16. The van der Waals surface area contributed by atoms with E-state index in [1.165, 1.54) is 0 Å². The second-order valence-corrected chi connectivity index (χ2v) is 3.83. The van der Waals surface area contributed by atoms with Crippen LogP contribution < -0.4 is 4.74 Å². The average molecular weight is 225 g/mol. The van der Waals surface area contributed by atoms with E-state index in [-0.39, 0.29) is 6.61 Å². The molecular weight excluding hydrogens is 210 g/mol. The van der Waals surface area contributed by atoms with Crippen LogP contribution in [0.25, 0.3) is 0 Å². The number of aryl methyl sites for hydroxylation is 1. The van der Waals surface area contributed by atoms with Crippen LogP contribution in [0.4, 0.5) is 0 Å². The molecule has 1 aromatic carbocycles. The van der Waals surface area contributed by atoms with E-state index in [0.717, 1.165) is 11.1 Å². The Labute approximate surface area is 95.3 Å². The molecule has 0 saturated heterocycles. The zero-order chi connectivity index (χ0) is 11.4. The predicted octanol–water partition coefficient (Wildman–Crippen LogP) is 1.71. The summed E-state index contributed by atoms with van der Waals surface area (Å²) in [5, 5.41) is 9.55. The van der Waals surface area contributed by atoms with Gasteiger partial charge >= 0.3 is 0 Å². The fraction of sp³-hybridized carbons (Fsp3) is 0.364. The highest BCUT2D eigenvalue weighted by Crippen LogP contribution is 2.23. The Kier molecular flexibility index (Phi) is 4.05. The SMILES string of the molecule is Cc1cccc(CO)c1OC(=S)N(C)C. The van der Waals surface area contributed by atoms with Crippen molar-refractivity contribution in [2.24, 2.45) is 0 Å². The third-order valence-corrected chi connectivity index (χ3v) is 2.47. The molecule has 0 radical (unpaired) electrons. The molecule has 0 aromatic heterocycles. The van der Waals surface area contributed by atoms with Gasteiger partial charge in [0, 0.05) is 19.7 Å². The van der Waals surface area contributed by atoms with E-state index < -0.39 is 0 Å². The molecule has 4 heteroatoms. The lowest BCUT2D eigenvalue weighted by Gasteiger charge is -2.17. The van der Waals surface area contributed by atoms with Crippen LogP contribution in [0.3, 0.4) is 0 Å². The summed E-state index contributed by atoms with van der Waals surface area (Å²) in [5.74, 6) is 0.652. The summed E-state index contributed by atoms with van der Waals surface area (Å²) in [6, 6.07) is 5.62. The zero-order valence-corrected chi connectivity index (χ0v) is 9.97. The molecule has 0 unspecified atom stereocenters. The third kappa shape index (κ3) is 2.91. The minimum absolute atomic E-state index is 0.0486. The molecule has 0 spiro atoms. The van der Waals surface area contributed by atoms with Crippen molar-refractivity contribution in [1.29, 1.82) is 0 Å². The standard InChI is InChI=1S/C11H15NO2S/c1-8-5-4-6-9(7-13)10(8)14-11(15)12(2)3/h4-6,13H,7H2,1-3H3. The van der Waals surface area contributed by atoms with Crippen LogP contribution in [0.5, 0.6) is 5.75 Å². The summed E-state index contributed by atoms with van der Waals surface area (Å²) in [5.41, 5.74) is 1.71. The monoisotopic (exact) mass is 225 g/mol. The van der Waals surface area contributed by atoms with Crippen LogP contribution in [0.2, 0.25) is 0 Å². The summed E-state index contributed by atoms with van der Waals surface area (Å²) < 4.78 is 5.53. The predicted molar refractivity (Wildman–Crippen MR) is 64.0 cm³/mol. The van der Waals surface area contributed by atoms with E-state index in [2.05, 4.69) is 0 Å². The molecule has 0 atom stereocenters. The molecule has 0 amide bonds. The van der Waals surface area contributed by atoms with Crippen LogP contribution in [0.15, 0.2) is 18.2 Å². The number of rotatable bonds is 2. The molecule has 0 saturated carbocycles. The highest BCUT2D eigenvalue weighted by Gasteiger charge is 2.09. The lowest BCUT2D eigenvalue weighted by Crippen LogP contribution is -2.25. The smallest absolute Gasteiger partial charge is 0.264 e. The van der Waals surface area contributed by atoms with E-state index >= 15 is 0 Å². The Balaban J connectivity index is 2.97. The second-order valence-electron chi connectivity index (χ2n) is 3.48. The van der Waals surface area contributed by atoms with Gasteiger partial charge in [-0.3, -0.25) is 0 Å². The van der Waals surface area contributed by atoms with Crippen molar-refractivity contribution in [2.45, 2.75) is 13.5 Å². The Bertz CT molecular complexity index is 364. The Morgan fingerprint density at radius 3 is 2.67 bits per heavy atom. The van der Waals surface area contributed by atoms with Gasteiger partial charge in [-0.1, -0.05) is 18.2 Å². The number of benzene rings is 1. The summed E-state index contributed by atoms with van der Waals surface area (Å²) >= 11 is 5.05. The summed E-state index contributed by atoms with van der Waals surface area (Å²) in [4.78, 5) is 1.71. The molecule has 0 aliphatic heterocycles. The van der Waals surface area contributed by atoms with Crippen molar-refractivity contribution in [3.8, 4) is 5.75 Å². The van der Waals surface area contributed by atoms with Gasteiger partial charge in [0.15, 0.2) is 0 Å². The quantitative estimate of drug-likeness (QED) is 0.777. The molecule has 15 heavy (non-hydrogen) atoms. The van der Waals surface area contributed by atoms with Crippen molar-refractivity contribution < 1.29 is 9.84 Å². The van der Waals surface area contributed by atoms with Crippen LogP contribution >= 0.6 is 12.2 Å². The van der Waals surface area contributed by atoms with Crippen molar-refractivity contribution in [3.05, 3.63) is 29.3 Å². The normalized spacial score (nSPS) is 9.87. The van der Waals surface area contributed by atoms with Gasteiger partial charge in [0.1, 0.15) is 5.75 Å². The van der Waals surface area contributed by atoms with E-state index in [4.69, 9.17) is 22.1 Å². The van der Waals surface area contributed by atoms with Crippen LogP contribution in [-0.4, -0.2) is 29.3 Å².